The van der Waals surface area contributed by atoms with Gasteiger partial charge in [0.15, 0.2) is 0 Å². The molecule has 3 rings (SSSR count). The third-order valence-electron chi connectivity index (χ3n) is 4.29. The van der Waals surface area contributed by atoms with Crippen molar-refractivity contribution in [3.05, 3.63) is 71.3 Å². The number of rotatable bonds is 4. The molecule has 2 aromatic rings. The van der Waals surface area contributed by atoms with E-state index in [1.165, 1.54) is 24.3 Å². The molecule has 5 heteroatoms. The summed E-state index contributed by atoms with van der Waals surface area (Å²) in [5.74, 6) is -0.402. The molecule has 1 heterocycles. The predicted molar refractivity (Wildman–Crippen MR) is 90.9 cm³/mol. The summed E-state index contributed by atoms with van der Waals surface area (Å²) >= 11 is 0. The number of nitrogens with zero attached hydrogens (tertiary/aromatic N) is 1. The maximum atomic E-state index is 13.2. The van der Waals surface area contributed by atoms with Crippen LogP contribution in [0.15, 0.2) is 48.5 Å². The van der Waals surface area contributed by atoms with Crippen LogP contribution in [0.5, 0.6) is 0 Å². The zero-order valence-electron chi connectivity index (χ0n) is 12.8. The van der Waals surface area contributed by atoms with Gasteiger partial charge in [0.25, 0.3) is 0 Å². The van der Waals surface area contributed by atoms with Gasteiger partial charge < -0.3 is 10.6 Å². The first-order chi connectivity index (χ1) is 10.6. The Hall–Kier alpha value is -1.49. The van der Waals surface area contributed by atoms with Gasteiger partial charge in [0.1, 0.15) is 11.6 Å². The lowest BCUT2D eigenvalue weighted by atomic mass is 9.90. The molecule has 0 aromatic heterocycles. The van der Waals surface area contributed by atoms with Crippen molar-refractivity contribution in [2.24, 2.45) is 5.73 Å². The molecule has 1 aliphatic heterocycles. The van der Waals surface area contributed by atoms with E-state index >= 15 is 0 Å². The lowest BCUT2D eigenvalue weighted by Gasteiger charge is -2.24. The van der Waals surface area contributed by atoms with E-state index in [0.29, 0.717) is 0 Å². The quantitative estimate of drug-likeness (QED) is 0.923. The van der Waals surface area contributed by atoms with Crippen LogP contribution in [0.2, 0.25) is 0 Å². The smallest absolute Gasteiger partial charge is 0.123 e. The molecule has 1 saturated heterocycles. The molecule has 0 spiro atoms. The number of likely N-dealkylation sites (tertiary alicyclic amines) is 1. The van der Waals surface area contributed by atoms with E-state index in [0.717, 1.165) is 37.2 Å². The van der Waals surface area contributed by atoms with Gasteiger partial charge >= 0.3 is 0 Å². The summed E-state index contributed by atoms with van der Waals surface area (Å²) in [5.41, 5.74) is 8.05. The molecule has 23 heavy (non-hydrogen) atoms. The third kappa shape index (κ3) is 4.50. The minimum atomic E-state index is -0.246. The molecule has 0 saturated carbocycles. The molecule has 2 nitrogen and oxygen atoms in total. The Morgan fingerprint density at radius 3 is 1.83 bits per heavy atom. The second-order valence-electron chi connectivity index (χ2n) is 5.96. The highest BCUT2D eigenvalue weighted by Gasteiger charge is 2.24. The number of benzene rings is 2. The van der Waals surface area contributed by atoms with E-state index in [9.17, 15) is 8.78 Å². The van der Waals surface area contributed by atoms with Gasteiger partial charge in [0, 0.05) is 25.0 Å². The Morgan fingerprint density at radius 1 is 0.957 bits per heavy atom. The second-order valence-corrected chi connectivity index (χ2v) is 5.96. The summed E-state index contributed by atoms with van der Waals surface area (Å²) < 4.78 is 26.4. The number of hydrogen-bond acceptors (Lipinski definition) is 2. The molecule has 0 unspecified atom stereocenters. The highest BCUT2D eigenvalue weighted by Crippen LogP contribution is 2.27. The van der Waals surface area contributed by atoms with E-state index in [-0.39, 0.29) is 36.0 Å². The van der Waals surface area contributed by atoms with E-state index < -0.39 is 0 Å². The standard InChI is InChI=1S/C18H20F2N2.ClH/c19-15-5-1-13(2-6-15)18(12-22-10-9-17(21)11-22)14-3-7-16(20)8-4-14;/h1-8,17-18H,9-12,21H2;1H/t17-;/m0./s1. The fourth-order valence-electron chi connectivity index (χ4n) is 3.08. The van der Waals surface area contributed by atoms with Crippen LogP contribution in [0.25, 0.3) is 0 Å². The highest BCUT2D eigenvalue weighted by molar-refractivity contribution is 5.85. The van der Waals surface area contributed by atoms with Crippen molar-refractivity contribution >= 4 is 12.4 Å². The van der Waals surface area contributed by atoms with Crippen LogP contribution in [0.4, 0.5) is 8.78 Å². The monoisotopic (exact) mass is 338 g/mol. The van der Waals surface area contributed by atoms with Crippen LogP contribution in [0.3, 0.4) is 0 Å². The summed E-state index contributed by atoms with van der Waals surface area (Å²) in [6.45, 7) is 2.66. The summed E-state index contributed by atoms with van der Waals surface area (Å²) in [4.78, 5) is 2.32. The lowest BCUT2D eigenvalue weighted by Crippen LogP contribution is -2.30. The van der Waals surface area contributed by atoms with Gasteiger partial charge in [-0.1, -0.05) is 24.3 Å². The normalized spacial score (nSPS) is 18.2. The largest absolute Gasteiger partial charge is 0.326 e. The van der Waals surface area contributed by atoms with Crippen molar-refractivity contribution in [3.63, 3.8) is 0 Å². The number of halogens is 3. The summed E-state index contributed by atoms with van der Waals surface area (Å²) in [7, 11) is 0. The van der Waals surface area contributed by atoms with Crippen molar-refractivity contribution in [2.75, 3.05) is 19.6 Å². The predicted octanol–water partition coefficient (Wildman–Crippen LogP) is 3.55. The Morgan fingerprint density at radius 2 is 1.43 bits per heavy atom. The van der Waals surface area contributed by atoms with Crippen LogP contribution in [0.1, 0.15) is 23.5 Å². The SMILES string of the molecule is Cl.N[C@H]1CCN(CC(c2ccc(F)cc2)c2ccc(F)cc2)C1. The van der Waals surface area contributed by atoms with Crippen molar-refractivity contribution in [1.29, 1.82) is 0 Å². The molecule has 0 radical (unpaired) electrons. The third-order valence-corrected chi connectivity index (χ3v) is 4.29. The Balaban J connectivity index is 0.00000192. The minimum Gasteiger partial charge on any atom is -0.326 e. The van der Waals surface area contributed by atoms with Gasteiger partial charge in [0.2, 0.25) is 0 Å². The molecule has 1 atom stereocenters. The van der Waals surface area contributed by atoms with Gasteiger partial charge in [-0.05, 0) is 48.4 Å². The zero-order chi connectivity index (χ0) is 15.5. The molecule has 124 valence electrons. The minimum absolute atomic E-state index is 0. The molecule has 0 amide bonds. The molecule has 2 aromatic carbocycles. The summed E-state index contributed by atoms with van der Waals surface area (Å²) in [6.07, 6.45) is 1.000. The first-order valence-electron chi connectivity index (χ1n) is 7.60. The van der Waals surface area contributed by atoms with E-state index in [4.69, 9.17) is 5.73 Å². The van der Waals surface area contributed by atoms with Crippen molar-refractivity contribution in [3.8, 4) is 0 Å². The topological polar surface area (TPSA) is 29.3 Å². The van der Waals surface area contributed by atoms with Crippen molar-refractivity contribution in [1.82, 2.24) is 4.90 Å². The zero-order valence-corrected chi connectivity index (χ0v) is 13.6. The van der Waals surface area contributed by atoms with Gasteiger partial charge in [-0.25, -0.2) is 8.78 Å². The second kappa shape index (κ2) is 7.86. The van der Waals surface area contributed by atoms with Gasteiger partial charge in [-0.3, -0.25) is 0 Å². The first-order valence-corrected chi connectivity index (χ1v) is 7.60. The number of hydrogen-bond donors (Lipinski definition) is 1. The van der Waals surface area contributed by atoms with Crippen molar-refractivity contribution in [2.45, 2.75) is 18.4 Å². The molecule has 2 N–H and O–H groups in total. The average molecular weight is 339 g/mol. The van der Waals surface area contributed by atoms with E-state index in [2.05, 4.69) is 4.90 Å². The molecule has 0 aliphatic carbocycles. The molecule has 1 aliphatic rings. The van der Waals surface area contributed by atoms with Gasteiger partial charge in [0.05, 0.1) is 0 Å². The first kappa shape index (κ1) is 17.9. The Labute approximate surface area is 141 Å². The summed E-state index contributed by atoms with van der Waals surface area (Å²) in [6, 6.07) is 13.3. The molecule has 1 fully saturated rings. The molecular weight excluding hydrogens is 318 g/mol. The number of nitrogens with two attached hydrogens (primary N) is 1. The Bertz CT molecular complexity index is 570. The van der Waals surface area contributed by atoms with Gasteiger partial charge in [-0.2, -0.15) is 0 Å². The van der Waals surface area contributed by atoms with Crippen LogP contribution in [-0.2, 0) is 0 Å². The fraction of sp³-hybridized carbons (Fsp3) is 0.333. The highest BCUT2D eigenvalue weighted by atomic mass is 35.5. The van der Waals surface area contributed by atoms with Crippen LogP contribution >= 0.6 is 12.4 Å². The average Bonchev–Trinajstić information content (AvgIpc) is 2.92. The van der Waals surface area contributed by atoms with Crippen LogP contribution in [-0.4, -0.2) is 30.6 Å². The summed E-state index contributed by atoms with van der Waals surface area (Å²) in [5, 5.41) is 0. The Kier molecular flexibility index (Phi) is 6.10. The van der Waals surface area contributed by atoms with Crippen LogP contribution in [0, 0.1) is 11.6 Å². The maximum Gasteiger partial charge on any atom is 0.123 e. The van der Waals surface area contributed by atoms with E-state index in [1.54, 1.807) is 24.3 Å². The van der Waals surface area contributed by atoms with E-state index in [1.807, 2.05) is 0 Å². The van der Waals surface area contributed by atoms with Crippen LogP contribution < -0.4 is 5.73 Å². The molecular formula is C18H21ClF2N2. The lowest BCUT2D eigenvalue weighted by molar-refractivity contribution is 0.323. The maximum absolute atomic E-state index is 13.2. The molecule has 0 bridgehead atoms. The van der Waals surface area contributed by atoms with Gasteiger partial charge in [-0.15, -0.1) is 12.4 Å². The fourth-order valence-corrected chi connectivity index (χ4v) is 3.08. The van der Waals surface area contributed by atoms with Crippen molar-refractivity contribution < 1.29 is 8.78 Å².